The zero-order valence-corrected chi connectivity index (χ0v) is 10.1. The molecule has 6 heteroatoms. The van der Waals surface area contributed by atoms with Crippen LogP contribution in [0.3, 0.4) is 0 Å². The van der Waals surface area contributed by atoms with Crippen LogP contribution in [0.15, 0.2) is 5.38 Å². The van der Waals surface area contributed by atoms with Crippen LogP contribution in [0.5, 0.6) is 0 Å². The summed E-state index contributed by atoms with van der Waals surface area (Å²) in [6, 6.07) is 0.218. The first-order valence-electron chi connectivity index (χ1n) is 5.33. The predicted octanol–water partition coefficient (Wildman–Crippen LogP) is 0.423. The normalized spacial score (nSPS) is 21.2. The van der Waals surface area contributed by atoms with Crippen molar-refractivity contribution in [3.8, 4) is 0 Å². The van der Waals surface area contributed by atoms with Gasteiger partial charge in [0.05, 0.1) is 12.2 Å². The molecule has 1 aromatic heterocycles. The summed E-state index contributed by atoms with van der Waals surface area (Å²) < 4.78 is 0. The molecule has 0 bridgehead atoms. The molecular formula is C10H16N4OS. The van der Waals surface area contributed by atoms with Crippen molar-refractivity contribution >= 4 is 22.4 Å². The zero-order chi connectivity index (χ0) is 11.5. The van der Waals surface area contributed by atoms with Crippen molar-refractivity contribution in [1.29, 1.82) is 0 Å². The number of thiazole rings is 1. The molecule has 1 fully saturated rings. The van der Waals surface area contributed by atoms with Gasteiger partial charge in [-0.15, -0.1) is 11.3 Å². The zero-order valence-electron chi connectivity index (χ0n) is 9.27. The maximum absolute atomic E-state index is 11.7. The minimum Gasteiger partial charge on any atom is -0.326 e. The molecule has 3 N–H and O–H groups in total. The van der Waals surface area contributed by atoms with Crippen molar-refractivity contribution in [3.63, 3.8) is 0 Å². The molecule has 1 aliphatic heterocycles. The second-order valence-corrected chi connectivity index (χ2v) is 4.98. The first-order chi connectivity index (χ1) is 7.63. The number of anilines is 1. The topological polar surface area (TPSA) is 71.2 Å². The summed E-state index contributed by atoms with van der Waals surface area (Å²) in [4.78, 5) is 17.9. The molecule has 0 unspecified atom stereocenters. The number of hydrogen-bond donors (Lipinski definition) is 2. The molecule has 5 nitrogen and oxygen atoms in total. The molecule has 0 spiro atoms. The molecular weight excluding hydrogens is 224 g/mol. The summed E-state index contributed by atoms with van der Waals surface area (Å²) in [6.07, 6.45) is 0.976. The Morgan fingerprint density at radius 1 is 1.81 bits per heavy atom. The van der Waals surface area contributed by atoms with Crippen LogP contribution < -0.4 is 11.1 Å². The number of aromatic nitrogens is 1. The van der Waals surface area contributed by atoms with E-state index in [0.29, 0.717) is 11.7 Å². The number of amides is 1. The number of aryl methyl sites for hydroxylation is 1. The van der Waals surface area contributed by atoms with Crippen molar-refractivity contribution < 1.29 is 4.79 Å². The number of rotatable bonds is 3. The van der Waals surface area contributed by atoms with Gasteiger partial charge in [0.15, 0.2) is 5.13 Å². The maximum atomic E-state index is 11.7. The first kappa shape index (κ1) is 11.5. The molecule has 2 rings (SSSR count). The second-order valence-electron chi connectivity index (χ2n) is 4.13. The van der Waals surface area contributed by atoms with Gasteiger partial charge in [0, 0.05) is 24.5 Å². The van der Waals surface area contributed by atoms with Gasteiger partial charge in [0.2, 0.25) is 5.91 Å². The number of hydrogen-bond acceptors (Lipinski definition) is 5. The fourth-order valence-corrected chi connectivity index (χ4v) is 2.48. The van der Waals surface area contributed by atoms with Gasteiger partial charge in [-0.2, -0.15) is 0 Å². The number of nitrogens with one attached hydrogen (secondary N) is 1. The highest BCUT2D eigenvalue weighted by Crippen LogP contribution is 2.14. The van der Waals surface area contributed by atoms with E-state index in [1.54, 1.807) is 0 Å². The lowest BCUT2D eigenvalue weighted by molar-refractivity contribution is -0.117. The van der Waals surface area contributed by atoms with E-state index < -0.39 is 0 Å². The molecule has 0 aromatic carbocycles. The lowest BCUT2D eigenvalue weighted by Crippen LogP contribution is -2.33. The van der Waals surface area contributed by atoms with Crippen molar-refractivity contribution in [3.05, 3.63) is 11.1 Å². The van der Waals surface area contributed by atoms with Crippen LogP contribution in [0, 0.1) is 6.92 Å². The van der Waals surface area contributed by atoms with E-state index in [4.69, 9.17) is 5.73 Å². The molecule has 88 valence electrons. The standard InChI is InChI=1S/C10H16N4OS/c1-7-6-16-10(12-7)13-9(15)5-14-3-2-8(11)4-14/h6,8H,2-5,11H2,1H3,(H,12,13,15)/t8-/m0/s1. The van der Waals surface area contributed by atoms with Gasteiger partial charge in [-0.3, -0.25) is 9.69 Å². The maximum Gasteiger partial charge on any atom is 0.240 e. The van der Waals surface area contributed by atoms with Crippen LogP contribution >= 0.6 is 11.3 Å². The summed E-state index contributed by atoms with van der Waals surface area (Å²) in [5, 5.41) is 5.38. The Bertz CT molecular complexity index is 379. The summed E-state index contributed by atoms with van der Waals surface area (Å²) >= 11 is 1.45. The van der Waals surface area contributed by atoms with E-state index in [1.165, 1.54) is 11.3 Å². The molecule has 0 radical (unpaired) electrons. The van der Waals surface area contributed by atoms with Crippen LogP contribution in [0.2, 0.25) is 0 Å². The smallest absolute Gasteiger partial charge is 0.240 e. The monoisotopic (exact) mass is 240 g/mol. The van der Waals surface area contributed by atoms with Gasteiger partial charge in [-0.1, -0.05) is 0 Å². The Hall–Kier alpha value is -0.980. The van der Waals surface area contributed by atoms with Crippen molar-refractivity contribution in [1.82, 2.24) is 9.88 Å². The van der Waals surface area contributed by atoms with Gasteiger partial charge in [-0.25, -0.2) is 4.98 Å². The number of carbonyl (C=O) groups excluding carboxylic acids is 1. The van der Waals surface area contributed by atoms with Crippen LogP contribution in [0.4, 0.5) is 5.13 Å². The van der Waals surface area contributed by atoms with E-state index in [0.717, 1.165) is 25.2 Å². The van der Waals surface area contributed by atoms with Crippen molar-refractivity contribution in [2.24, 2.45) is 5.73 Å². The Kier molecular flexibility index (Phi) is 3.52. The van der Waals surface area contributed by atoms with Crippen LogP contribution in [0.1, 0.15) is 12.1 Å². The van der Waals surface area contributed by atoms with Crippen LogP contribution in [0.25, 0.3) is 0 Å². The van der Waals surface area contributed by atoms with Crippen molar-refractivity contribution in [2.75, 3.05) is 25.0 Å². The average Bonchev–Trinajstić information content (AvgIpc) is 2.76. The Morgan fingerprint density at radius 2 is 2.62 bits per heavy atom. The highest BCUT2D eigenvalue weighted by molar-refractivity contribution is 7.13. The minimum absolute atomic E-state index is 0.0107. The molecule has 1 aromatic rings. The number of likely N-dealkylation sites (tertiary alicyclic amines) is 1. The van der Waals surface area contributed by atoms with Gasteiger partial charge >= 0.3 is 0 Å². The predicted molar refractivity (Wildman–Crippen MR) is 64.5 cm³/mol. The molecule has 1 aliphatic rings. The average molecular weight is 240 g/mol. The second kappa shape index (κ2) is 4.90. The third kappa shape index (κ3) is 3.01. The van der Waals surface area contributed by atoms with Gasteiger partial charge in [0.25, 0.3) is 0 Å². The third-order valence-corrected chi connectivity index (χ3v) is 3.42. The van der Waals surface area contributed by atoms with Crippen molar-refractivity contribution in [2.45, 2.75) is 19.4 Å². The SMILES string of the molecule is Cc1csc(NC(=O)CN2CC[C@H](N)C2)n1. The van der Waals surface area contributed by atoms with Gasteiger partial charge in [0.1, 0.15) is 0 Å². The van der Waals surface area contributed by atoms with E-state index in [9.17, 15) is 4.79 Å². The highest BCUT2D eigenvalue weighted by Gasteiger charge is 2.21. The number of nitrogens with zero attached hydrogens (tertiary/aromatic N) is 2. The van der Waals surface area contributed by atoms with Gasteiger partial charge < -0.3 is 11.1 Å². The third-order valence-electron chi connectivity index (χ3n) is 2.54. The molecule has 0 saturated carbocycles. The lowest BCUT2D eigenvalue weighted by Gasteiger charge is -2.13. The van der Waals surface area contributed by atoms with E-state index in [1.807, 2.05) is 12.3 Å². The Labute approximate surface area is 98.7 Å². The molecule has 1 amide bonds. The quantitative estimate of drug-likeness (QED) is 0.803. The highest BCUT2D eigenvalue weighted by atomic mass is 32.1. The number of nitrogens with two attached hydrogens (primary N) is 1. The fraction of sp³-hybridized carbons (Fsp3) is 0.600. The summed E-state index contributed by atoms with van der Waals surface area (Å²) in [6.45, 7) is 4.04. The fourth-order valence-electron chi connectivity index (χ4n) is 1.78. The molecule has 16 heavy (non-hydrogen) atoms. The van der Waals surface area contributed by atoms with E-state index >= 15 is 0 Å². The largest absolute Gasteiger partial charge is 0.326 e. The molecule has 1 atom stereocenters. The summed E-state index contributed by atoms with van der Waals surface area (Å²) in [5.74, 6) is -0.0107. The molecule has 1 saturated heterocycles. The molecule has 0 aliphatic carbocycles. The van der Waals surface area contributed by atoms with E-state index in [2.05, 4.69) is 15.2 Å². The van der Waals surface area contributed by atoms with Crippen LogP contribution in [-0.4, -0.2) is 41.5 Å². The first-order valence-corrected chi connectivity index (χ1v) is 6.21. The Morgan fingerprint density at radius 3 is 3.19 bits per heavy atom. The van der Waals surface area contributed by atoms with E-state index in [-0.39, 0.29) is 11.9 Å². The summed E-state index contributed by atoms with van der Waals surface area (Å²) in [5.41, 5.74) is 6.71. The van der Waals surface area contributed by atoms with Crippen LogP contribution in [-0.2, 0) is 4.79 Å². The number of carbonyl (C=O) groups is 1. The van der Waals surface area contributed by atoms with Gasteiger partial charge in [-0.05, 0) is 13.3 Å². The Balaban J connectivity index is 1.80. The molecule has 2 heterocycles. The summed E-state index contributed by atoms with van der Waals surface area (Å²) in [7, 11) is 0. The lowest BCUT2D eigenvalue weighted by atomic mass is 10.3. The minimum atomic E-state index is -0.0107.